The van der Waals surface area contributed by atoms with Gasteiger partial charge < -0.3 is 9.15 Å². The summed E-state index contributed by atoms with van der Waals surface area (Å²) in [6.07, 6.45) is -2.23. The van der Waals surface area contributed by atoms with Crippen molar-refractivity contribution in [3.05, 3.63) is 58.0 Å². The molecule has 1 aliphatic rings. The Bertz CT molecular complexity index is 994. The number of aryl methyl sites for hydroxylation is 2. The summed E-state index contributed by atoms with van der Waals surface area (Å²) in [5.74, 6) is 1.56. The van der Waals surface area contributed by atoms with Crippen LogP contribution in [0.5, 0.6) is 5.75 Å². The van der Waals surface area contributed by atoms with Crippen LogP contribution in [0.1, 0.15) is 47.5 Å². The molecule has 154 valence electrons. The number of aromatic nitrogens is 4. The standard InChI is InChI=1S/C19H18ClF3N4O2/c1-28-13-6-2-11(3-7-13)10-15-25-24-14(29-15)8-9-27-17(12-4-5-12)16(20)18(26-27)19(21,22)23/h2-3,6-7,12H,4-5,8-10H2,1H3. The number of methoxy groups -OCH3 is 1. The lowest BCUT2D eigenvalue weighted by molar-refractivity contribution is -0.141. The van der Waals surface area contributed by atoms with Crippen LogP contribution in [0.4, 0.5) is 13.2 Å². The topological polar surface area (TPSA) is 66.0 Å². The maximum atomic E-state index is 13.1. The lowest BCUT2D eigenvalue weighted by Gasteiger charge is -2.05. The zero-order valence-electron chi connectivity index (χ0n) is 15.5. The molecule has 1 aliphatic carbocycles. The van der Waals surface area contributed by atoms with Crippen LogP contribution in [0.3, 0.4) is 0 Å². The summed E-state index contributed by atoms with van der Waals surface area (Å²) < 4.78 is 51.5. The van der Waals surface area contributed by atoms with Gasteiger partial charge in [0.1, 0.15) is 5.75 Å². The summed E-state index contributed by atoms with van der Waals surface area (Å²) in [4.78, 5) is 0. The van der Waals surface area contributed by atoms with E-state index >= 15 is 0 Å². The first-order chi connectivity index (χ1) is 13.8. The molecule has 1 aromatic carbocycles. The van der Waals surface area contributed by atoms with E-state index in [-0.39, 0.29) is 23.9 Å². The minimum Gasteiger partial charge on any atom is -0.497 e. The fourth-order valence-corrected chi connectivity index (χ4v) is 3.53. The van der Waals surface area contributed by atoms with E-state index < -0.39 is 11.9 Å². The summed E-state index contributed by atoms with van der Waals surface area (Å²) in [5.41, 5.74) is 0.384. The number of hydrogen-bond donors (Lipinski definition) is 0. The molecule has 0 N–H and O–H groups in total. The summed E-state index contributed by atoms with van der Waals surface area (Å²) in [5, 5.41) is 11.4. The van der Waals surface area contributed by atoms with Gasteiger partial charge in [0.2, 0.25) is 11.8 Å². The third-order valence-electron chi connectivity index (χ3n) is 4.72. The fraction of sp³-hybridized carbons (Fsp3) is 0.421. The second kappa shape index (κ2) is 7.70. The van der Waals surface area contributed by atoms with Gasteiger partial charge in [-0.05, 0) is 30.5 Å². The first kappa shape index (κ1) is 19.8. The Morgan fingerprint density at radius 3 is 2.48 bits per heavy atom. The summed E-state index contributed by atoms with van der Waals surface area (Å²) in [6.45, 7) is 0.186. The molecule has 0 radical (unpaired) electrons. The highest BCUT2D eigenvalue weighted by Gasteiger charge is 2.42. The first-order valence-corrected chi connectivity index (χ1v) is 9.50. The lowest BCUT2D eigenvalue weighted by atomic mass is 10.1. The zero-order valence-corrected chi connectivity index (χ0v) is 16.3. The molecule has 1 saturated carbocycles. The number of rotatable bonds is 7. The Balaban J connectivity index is 1.44. The maximum Gasteiger partial charge on any atom is 0.436 e. The van der Waals surface area contributed by atoms with Crippen LogP contribution in [0.2, 0.25) is 5.02 Å². The van der Waals surface area contributed by atoms with Crippen molar-refractivity contribution in [2.24, 2.45) is 0 Å². The summed E-state index contributed by atoms with van der Waals surface area (Å²) in [6, 6.07) is 7.47. The number of halogens is 4. The molecule has 4 rings (SSSR count). The molecule has 0 aliphatic heterocycles. The van der Waals surface area contributed by atoms with E-state index in [0.29, 0.717) is 23.9 Å². The molecule has 0 spiro atoms. The fourth-order valence-electron chi connectivity index (χ4n) is 3.13. The van der Waals surface area contributed by atoms with Gasteiger partial charge in [-0.2, -0.15) is 18.3 Å². The maximum absolute atomic E-state index is 13.1. The van der Waals surface area contributed by atoms with Crippen molar-refractivity contribution in [3.8, 4) is 5.75 Å². The van der Waals surface area contributed by atoms with Gasteiger partial charge in [0.25, 0.3) is 0 Å². The van der Waals surface area contributed by atoms with Crippen molar-refractivity contribution >= 4 is 11.6 Å². The number of nitrogens with zero attached hydrogens (tertiary/aromatic N) is 4. The molecule has 0 saturated heterocycles. The van der Waals surface area contributed by atoms with Crippen LogP contribution in [0, 0.1) is 0 Å². The van der Waals surface area contributed by atoms with Crippen LogP contribution in [-0.2, 0) is 25.6 Å². The molecule has 0 atom stereocenters. The van der Waals surface area contributed by atoms with Crippen LogP contribution in [-0.4, -0.2) is 27.1 Å². The smallest absolute Gasteiger partial charge is 0.436 e. The van der Waals surface area contributed by atoms with E-state index in [1.807, 2.05) is 24.3 Å². The molecule has 10 heteroatoms. The third kappa shape index (κ3) is 4.39. The first-order valence-electron chi connectivity index (χ1n) is 9.12. The average molecular weight is 427 g/mol. The van der Waals surface area contributed by atoms with Gasteiger partial charge in [-0.1, -0.05) is 23.7 Å². The molecule has 1 fully saturated rings. The Labute approximate surface area is 169 Å². The summed E-state index contributed by atoms with van der Waals surface area (Å²) >= 11 is 5.98. The SMILES string of the molecule is COc1ccc(Cc2nnc(CCn3nc(C(F)(F)F)c(Cl)c3C3CC3)o2)cc1. The second-order valence-electron chi connectivity index (χ2n) is 6.91. The number of ether oxygens (including phenoxy) is 1. The van der Waals surface area contributed by atoms with Gasteiger partial charge in [0, 0.05) is 12.3 Å². The molecule has 0 amide bonds. The minimum absolute atomic E-state index is 0.0272. The van der Waals surface area contributed by atoms with Crippen molar-refractivity contribution < 1.29 is 22.3 Å². The van der Waals surface area contributed by atoms with E-state index in [0.717, 1.165) is 24.2 Å². The zero-order chi connectivity index (χ0) is 20.6. The van der Waals surface area contributed by atoms with Crippen molar-refractivity contribution in [1.29, 1.82) is 0 Å². The molecular weight excluding hydrogens is 409 g/mol. The van der Waals surface area contributed by atoms with Crippen LogP contribution in [0.25, 0.3) is 0 Å². The van der Waals surface area contributed by atoms with Crippen molar-refractivity contribution in [2.45, 2.75) is 44.3 Å². The Hall–Kier alpha value is -2.55. The molecule has 6 nitrogen and oxygen atoms in total. The molecule has 3 aromatic rings. The quantitative estimate of drug-likeness (QED) is 0.550. The minimum atomic E-state index is -4.58. The van der Waals surface area contributed by atoms with E-state index in [1.54, 1.807) is 7.11 Å². The van der Waals surface area contributed by atoms with Crippen molar-refractivity contribution in [3.63, 3.8) is 0 Å². The van der Waals surface area contributed by atoms with Crippen molar-refractivity contribution in [2.75, 3.05) is 7.11 Å². The van der Waals surface area contributed by atoms with E-state index in [4.69, 9.17) is 20.8 Å². The van der Waals surface area contributed by atoms with Crippen molar-refractivity contribution in [1.82, 2.24) is 20.0 Å². The van der Waals surface area contributed by atoms with Crippen LogP contribution >= 0.6 is 11.6 Å². The molecule has 0 unspecified atom stereocenters. The monoisotopic (exact) mass is 426 g/mol. The van der Waals surface area contributed by atoms with Gasteiger partial charge in [-0.15, -0.1) is 10.2 Å². The molecule has 0 bridgehead atoms. The molecular formula is C19H18ClF3N4O2. The molecule has 2 aromatic heterocycles. The summed E-state index contributed by atoms with van der Waals surface area (Å²) in [7, 11) is 1.60. The predicted molar refractivity (Wildman–Crippen MR) is 98.0 cm³/mol. The largest absolute Gasteiger partial charge is 0.497 e. The van der Waals surface area contributed by atoms with Crippen LogP contribution < -0.4 is 4.74 Å². The number of alkyl halides is 3. The number of hydrogen-bond acceptors (Lipinski definition) is 5. The van der Waals surface area contributed by atoms with Gasteiger partial charge >= 0.3 is 6.18 Å². The lowest BCUT2D eigenvalue weighted by Crippen LogP contribution is -2.10. The van der Waals surface area contributed by atoms with Gasteiger partial charge in [-0.3, -0.25) is 4.68 Å². The highest BCUT2D eigenvalue weighted by atomic mass is 35.5. The van der Waals surface area contributed by atoms with Gasteiger partial charge in [0.15, 0.2) is 5.69 Å². The highest BCUT2D eigenvalue weighted by Crippen LogP contribution is 2.46. The molecule has 29 heavy (non-hydrogen) atoms. The Morgan fingerprint density at radius 1 is 1.17 bits per heavy atom. The van der Waals surface area contributed by atoms with E-state index in [2.05, 4.69) is 15.3 Å². The molecule has 2 heterocycles. The second-order valence-corrected chi connectivity index (χ2v) is 7.29. The Morgan fingerprint density at radius 2 is 1.86 bits per heavy atom. The van der Waals surface area contributed by atoms with E-state index in [1.165, 1.54) is 4.68 Å². The highest BCUT2D eigenvalue weighted by molar-refractivity contribution is 6.32. The van der Waals surface area contributed by atoms with Gasteiger partial charge in [-0.25, -0.2) is 0 Å². The van der Waals surface area contributed by atoms with Gasteiger partial charge in [0.05, 0.1) is 30.8 Å². The normalized spacial score (nSPS) is 14.4. The number of benzene rings is 1. The van der Waals surface area contributed by atoms with Crippen LogP contribution in [0.15, 0.2) is 28.7 Å². The predicted octanol–water partition coefficient (Wildman–Crippen LogP) is 4.66. The van der Waals surface area contributed by atoms with E-state index in [9.17, 15) is 13.2 Å². The third-order valence-corrected chi connectivity index (χ3v) is 5.10. The Kier molecular flexibility index (Phi) is 5.24. The average Bonchev–Trinajstić information content (AvgIpc) is 3.32.